The first-order chi connectivity index (χ1) is 9.63. The molecule has 20 heavy (non-hydrogen) atoms. The molecule has 1 aromatic heterocycles. The van der Waals surface area contributed by atoms with Gasteiger partial charge in [-0.25, -0.2) is 9.02 Å². The van der Waals surface area contributed by atoms with Crippen LogP contribution in [0, 0.1) is 5.82 Å². The van der Waals surface area contributed by atoms with Crippen molar-refractivity contribution in [2.75, 3.05) is 0 Å². The molecule has 3 aromatic rings. The lowest BCUT2D eigenvalue weighted by atomic mass is 10.2. The Morgan fingerprint density at radius 1 is 1.20 bits per heavy atom. The molecule has 0 spiro atoms. The molecule has 0 N–H and O–H groups in total. The minimum Gasteiger partial charge on any atom is -0.489 e. The van der Waals surface area contributed by atoms with Gasteiger partial charge < -0.3 is 4.74 Å². The molecular formula is C13H7BrClFN2O2. The fourth-order valence-corrected chi connectivity index (χ4v) is 2.38. The van der Waals surface area contributed by atoms with E-state index in [0.29, 0.717) is 31.8 Å². The predicted molar refractivity (Wildman–Crippen MR) is 75.2 cm³/mol. The molecule has 0 bridgehead atoms. The lowest BCUT2D eigenvalue weighted by molar-refractivity contribution is 0.305. The van der Waals surface area contributed by atoms with E-state index in [1.807, 2.05) is 0 Å². The van der Waals surface area contributed by atoms with Crippen molar-refractivity contribution in [3.05, 3.63) is 51.2 Å². The van der Waals surface area contributed by atoms with Gasteiger partial charge in [0.25, 0.3) is 0 Å². The maximum Gasteiger partial charge on any atom is 0.138 e. The SMILES string of the molecule is Fc1cc(COc2ccc3nonc3c2)c(Cl)cc1Br. The summed E-state index contributed by atoms with van der Waals surface area (Å²) >= 11 is 9.10. The van der Waals surface area contributed by atoms with Gasteiger partial charge in [0, 0.05) is 16.7 Å². The number of fused-ring (bicyclic) bond motifs is 1. The monoisotopic (exact) mass is 356 g/mol. The number of rotatable bonds is 3. The molecule has 7 heteroatoms. The van der Waals surface area contributed by atoms with Crippen molar-refractivity contribution in [1.29, 1.82) is 0 Å². The molecule has 0 unspecified atom stereocenters. The second kappa shape index (κ2) is 5.38. The Labute approximate surface area is 126 Å². The summed E-state index contributed by atoms with van der Waals surface area (Å²) in [6.07, 6.45) is 0. The van der Waals surface area contributed by atoms with E-state index in [1.54, 1.807) is 18.2 Å². The molecule has 0 aliphatic carbocycles. The minimum atomic E-state index is -0.385. The summed E-state index contributed by atoms with van der Waals surface area (Å²) in [5.41, 5.74) is 1.80. The Morgan fingerprint density at radius 2 is 2.00 bits per heavy atom. The zero-order valence-corrected chi connectivity index (χ0v) is 12.3. The Morgan fingerprint density at radius 3 is 2.85 bits per heavy atom. The standard InChI is InChI=1S/C13H7BrClFN2O2/c14-9-5-10(15)7(3-11(9)16)6-19-8-1-2-12-13(4-8)18-20-17-12/h1-5H,6H2. The lowest BCUT2D eigenvalue weighted by Crippen LogP contribution is -1.97. The van der Waals surface area contributed by atoms with Crippen LogP contribution in [0.25, 0.3) is 11.0 Å². The van der Waals surface area contributed by atoms with E-state index in [9.17, 15) is 4.39 Å². The van der Waals surface area contributed by atoms with Gasteiger partial charge in [0.15, 0.2) is 0 Å². The number of benzene rings is 2. The van der Waals surface area contributed by atoms with Crippen LogP contribution in [0.3, 0.4) is 0 Å². The van der Waals surface area contributed by atoms with E-state index < -0.39 is 0 Å². The second-order valence-corrected chi connectivity index (χ2v) is 5.32. The van der Waals surface area contributed by atoms with Gasteiger partial charge in [-0.15, -0.1) is 0 Å². The van der Waals surface area contributed by atoms with Crippen LogP contribution in [0.5, 0.6) is 5.75 Å². The van der Waals surface area contributed by atoms with E-state index in [1.165, 1.54) is 12.1 Å². The van der Waals surface area contributed by atoms with Crippen molar-refractivity contribution >= 4 is 38.6 Å². The topological polar surface area (TPSA) is 48.2 Å². The van der Waals surface area contributed by atoms with Crippen LogP contribution in [-0.4, -0.2) is 10.3 Å². The predicted octanol–water partition coefficient (Wildman–Crippen LogP) is 4.36. The maximum absolute atomic E-state index is 13.5. The Kier molecular flexibility index (Phi) is 3.58. The summed E-state index contributed by atoms with van der Waals surface area (Å²) in [5, 5.41) is 7.85. The molecule has 3 rings (SSSR count). The molecule has 0 atom stereocenters. The Balaban J connectivity index is 1.80. The average Bonchev–Trinajstić information content (AvgIpc) is 2.89. The highest BCUT2D eigenvalue weighted by Crippen LogP contribution is 2.26. The van der Waals surface area contributed by atoms with Crippen LogP contribution in [0.1, 0.15) is 5.56 Å². The summed E-state index contributed by atoms with van der Waals surface area (Å²) in [4.78, 5) is 0. The van der Waals surface area contributed by atoms with Gasteiger partial charge >= 0.3 is 0 Å². The summed E-state index contributed by atoms with van der Waals surface area (Å²) in [7, 11) is 0. The van der Waals surface area contributed by atoms with Crippen LogP contribution in [0.15, 0.2) is 39.4 Å². The van der Waals surface area contributed by atoms with Crippen molar-refractivity contribution < 1.29 is 13.8 Å². The van der Waals surface area contributed by atoms with E-state index in [0.717, 1.165) is 0 Å². The molecule has 0 amide bonds. The first kappa shape index (κ1) is 13.3. The molecule has 1 heterocycles. The molecule has 0 saturated carbocycles. The fourth-order valence-electron chi connectivity index (χ4n) is 1.69. The minimum absolute atomic E-state index is 0.153. The van der Waals surface area contributed by atoms with Crippen molar-refractivity contribution in [2.24, 2.45) is 0 Å². The highest BCUT2D eigenvalue weighted by Gasteiger charge is 2.08. The second-order valence-electron chi connectivity index (χ2n) is 4.06. The molecular weight excluding hydrogens is 351 g/mol. The first-order valence-electron chi connectivity index (χ1n) is 5.62. The summed E-state index contributed by atoms with van der Waals surface area (Å²) in [6, 6.07) is 7.98. The smallest absolute Gasteiger partial charge is 0.138 e. The van der Waals surface area contributed by atoms with Gasteiger partial charge in [0.05, 0.1) is 4.47 Å². The summed E-state index contributed by atoms with van der Waals surface area (Å²) in [6.45, 7) is 0.153. The van der Waals surface area contributed by atoms with Gasteiger partial charge in [0.2, 0.25) is 0 Å². The van der Waals surface area contributed by atoms with Gasteiger partial charge in [0.1, 0.15) is 29.2 Å². The van der Waals surface area contributed by atoms with Gasteiger partial charge in [-0.1, -0.05) is 11.6 Å². The van der Waals surface area contributed by atoms with E-state index in [2.05, 4.69) is 30.9 Å². The average molecular weight is 358 g/mol. The maximum atomic E-state index is 13.5. The highest BCUT2D eigenvalue weighted by molar-refractivity contribution is 9.10. The van der Waals surface area contributed by atoms with Crippen molar-refractivity contribution in [3.8, 4) is 5.75 Å². The molecule has 0 radical (unpaired) electrons. The quantitative estimate of drug-likeness (QED) is 0.654. The van der Waals surface area contributed by atoms with Crippen molar-refractivity contribution in [3.63, 3.8) is 0 Å². The van der Waals surface area contributed by atoms with Crippen molar-refractivity contribution in [1.82, 2.24) is 10.3 Å². The highest BCUT2D eigenvalue weighted by atomic mass is 79.9. The van der Waals surface area contributed by atoms with Gasteiger partial charge in [-0.05, 0) is 50.5 Å². The number of aromatic nitrogens is 2. The van der Waals surface area contributed by atoms with Crippen LogP contribution >= 0.6 is 27.5 Å². The zero-order valence-electron chi connectivity index (χ0n) is 9.94. The van der Waals surface area contributed by atoms with Crippen molar-refractivity contribution in [2.45, 2.75) is 6.61 Å². The molecule has 0 saturated heterocycles. The largest absolute Gasteiger partial charge is 0.489 e. The Hall–Kier alpha value is -1.66. The van der Waals surface area contributed by atoms with Crippen LogP contribution in [0.4, 0.5) is 4.39 Å². The van der Waals surface area contributed by atoms with E-state index >= 15 is 0 Å². The fraction of sp³-hybridized carbons (Fsp3) is 0.0769. The third-order valence-corrected chi connectivity index (χ3v) is 3.67. The number of ether oxygens (including phenoxy) is 1. The molecule has 2 aromatic carbocycles. The number of hydrogen-bond donors (Lipinski definition) is 0. The summed E-state index contributed by atoms with van der Waals surface area (Å²) in [5.74, 6) is 0.191. The van der Waals surface area contributed by atoms with E-state index in [4.69, 9.17) is 16.3 Å². The zero-order chi connectivity index (χ0) is 14.1. The first-order valence-corrected chi connectivity index (χ1v) is 6.79. The number of nitrogens with zero attached hydrogens (tertiary/aromatic N) is 2. The van der Waals surface area contributed by atoms with Gasteiger partial charge in [-0.3, -0.25) is 0 Å². The summed E-state index contributed by atoms with van der Waals surface area (Å²) < 4.78 is 23.9. The number of halogens is 3. The molecule has 0 fully saturated rings. The molecule has 0 aliphatic heterocycles. The molecule has 102 valence electrons. The molecule has 4 nitrogen and oxygen atoms in total. The normalized spacial score (nSPS) is 10.9. The van der Waals surface area contributed by atoms with Crippen LogP contribution in [0.2, 0.25) is 5.02 Å². The Bertz CT molecular complexity index is 778. The van der Waals surface area contributed by atoms with Crippen LogP contribution < -0.4 is 4.74 Å². The number of hydrogen-bond acceptors (Lipinski definition) is 4. The third kappa shape index (κ3) is 2.62. The lowest BCUT2D eigenvalue weighted by Gasteiger charge is -2.08. The third-order valence-electron chi connectivity index (χ3n) is 2.71. The van der Waals surface area contributed by atoms with Gasteiger partial charge in [-0.2, -0.15) is 0 Å². The molecule has 0 aliphatic rings. The van der Waals surface area contributed by atoms with E-state index in [-0.39, 0.29) is 12.4 Å². The van der Waals surface area contributed by atoms with Crippen LogP contribution in [-0.2, 0) is 6.61 Å².